The maximum atomic E-state index is 6.26. The average molecular weight is 369 g/mol. The van der Waals surface area contributed by atoms with E-state index >= 15 is 0 Å². The third kappa shape index (κ3) is 2.95. The van der Waals surface area contributed by atoms with Crippen molar-refractivity contribution < 1.29 is 0 Å². The summed E-state index contributed by atoms with van der Waals surface area (Å²) < 4.78 is 1.92. The lowest BCUT2D eigenvalue weighted by Gasteiger charge is -2.12. The summed E-state index contributed by atoms with van der Waals surface area (Å²) in [5.41, 5.74) is 3.66. The molecule has 0 saturated carbocycles. The van der Waals surface area contributed by atoms with Crippen molar-refractivity contribution in [3.8, 4) is 11.3 Å². The van der Waals surface area contributed by atoms with Crippen LogP contribution in [0.5, 0.6) is 0 Å². The Kier molecular flexibility index (Phi) is 4.07. The van der Waals surface area contributed by atoms with Gasteiger partial charge in [0.2, 0.25) is 5.78 Å². The van der Waals surface area contributed by atoms with E-state index in [1.165, 1.54) is 0 Å². The minimum Gasteiger partial charge on any atom is -0.339 e. The van der Waals surface area contributed by atoms with E-state index in [4.69, 9.17) is 23.2 Å². The van der Waals surface area contributed by atoms with Crippen LogP contribution in [0.1, 0.15) is 5.56 Å². The summed E-state index contributed by atoms with van der Waals surface area (Å²) in [7, 11) is 0. The van der Waals surface area contributed by atoms with Gasteiger partial charge in [0.15, 0.2) is 0 Å². The summed E-state index contributed by atoms with van der Waals surface area (Å²) >= 11 is 12.3. The number of hydrogen-bond donors (Lipinski definition) is 1. The smallest absolute Gasteiger partial charge is 0.235 e. The first-order chi connectivity index (χ1) is 12.1. The molecule has 0 bridgehead atoms. The minimum absolute atomic E-state index is 0.620. The average Bonchev–Trinajstić information content (AvgIpc) is 2.98. The molecule has 0 spiro atoms. The first kappa shape index (κ1) is 15.9. The van der Waals surface area contributed by atoms with E-state index < -0.39 is 0 Å². The van der Waals surface area contributed by atoms with E-state index in [2.05, 4.69) is 15.3 Å². The van der Waals surface area contributed by atoms with Crippen molar-refractivity contribution in [3.63, 3.8) is 0 Å². The van der Waals surface area contributed by atoms with E-state index in [-0.39, 0.29) is 0 Å². The Morgan fingerprint density at radius 3 is 2.60 bits per heavy atom. The Balaban J connectivity index is 1.90. The Bertz CT molecular complexity index is 1050. The minimum atomic E-state index is 0.620. The van der Waals surface area contributed by atoms with Gasteiger partial charge in [-0.05, 0) is 42.8 Å². The van der Waals surface area contributed by atoms with Crippen LogP contribution >= 0.6 is 23.2 Å². The molecule has 0 radical (unpaired) electrons. The molecule has 0 aliphatic carbocycles. The quantitative estimate of drug-likeness (QED) is 0.500. The van der Waals surface area contributed by atoms with Crippen LogP contribution in [0.15, 0.2) is 60.9 Å². The summed E-state index contributed by atoms with van der Waals surface area (Å²) in [6.45, 7) is 1.98. The highest BCUT2D eigenvalue weighted by Crippen LogP contribution is 2.33. The number of anilines is 2. The van der Waals surface area contributed by atoms with Crippen LogP contribution in [0.25, 0.3) is 17.0 Å². The van der Waals surface area contributed by atoms with Gasteiger partial charge in [0.25, 0.3) is 0 Å². The van der Waals surface area contributed by atoms with Crippen molar-refractivity contribution in [2.75, 3.05) is 5.32 Å². The Labute approximate surface area is 155 Å². The molecule has 0 fully saturated rings. The number of aromatic nitrogens is 3. The van der Waals surface area contributed by atoms with Gasteiger partial charge < -0.3 is 5.32 Å². The van der Waals surface area contributed by atoms with Gasteiger partial charge in [0.1, 0.15) is 11.5 Å². The highest BCUT2D eigenvalue weighted by molar-refractivity contribution is 6.31. The second-order valence-corrected chi connectivity index (χ2v) is 6.49. The van der Waals surface area contributed by atoms with Gasteiger partial charge in [-0.15, -0.1) is 0 Å². The Hall–Kier alpha value is -2.56. The van der Waals surface area contributed by atoms with E-state index in [0.29, 0.717) is 15.8 Å². The van der Waals surface area contributed by atoms with Gasteiger partial charge >= 0.3 is 0 Å². The number of imidazole rings is 1. The van der Waals surface area contributed by atoms with Gasteiger partial charge in [0.05, 0.1) is 0 Å². The zero-order chi connectivity index (χ0) is 17.4. The molecule has 0 aliphatic heterocycles. The number of nitrogens with zero attached hydrogens (tertiary/aromatic N) is 3. The molecule has 6 heteroatoms. The SMILES string of the molecule is Cc1c(Cl)cccc1Nc1c(-c2ccc(Cl)cc2)nc2ncccn12. The zero-order valence-electron chi connectivity index (χ0n) is 13.4. The topological polar surface area (TPSA) is 42.2 Å². The summed E-state index contributed by atoms with van der Waals surface area (Å²) in [5, 5.41) is 4.86. The molecule has 4 aromatic rings. The largest absolute Gasteiger partial charge is 0.339 e. The predicted molar refractivity (Wildman–Crippen MR) is 103 cm³/mol. The molecule has 0 saturated heterocycles. The van der Waals surface area contributed by atoms with Gasteiger partial charge in [-0.1, -0.05) is 41.4 Å². The lowest BCUT2D eigenvalue weighted by atomic mass is 10.1. The lowest BCUT2D eigenvalue weighted by Crippen LogP contribution is -1.99. The molecule has 1 N–H and O–H groups in total. The molecule has 124 valence electrons. The molecule has 0 unspecified atom stereocenters. The van der Waals surface area contributed by atoms with E-state index in [0.717, 1.165) is 28.3 Å². The third-order valence-electron chi connectivity index (χ3n) is 4.04. The molecule has 4 nitrogen and oxygen atoms in total. The number of benzene rings is 2. The van der Waals surface area contributed by atoms with Crippen LogP contribution in [-0.2, 0) is 0 Å². The molecular formula is C19H14Cl2N4. The van der Waals surface area contributed by atoms with Crippen molar-refractivity contribution in [1.82, 2.24) is 14.4 Å². The van der Waals surface area contributed by atoms with Crippen LogP contribution < -0.4 is 5.32 Å². The summed E-state index contributed by atoms with van der Waals surface area (Å²) in [6, 6.07) is 15.2. The number of hydrogen-bond acceptors (Lipinski definition) is 3. The maximum Gasteiger partial charge on any atom is 0.235 e. The van der Waals surface area contributed by atoms with Gasteiger partial charge in [-0.3, -0.25) is 4.40 Å². The van der Waals surface area contributed by atoms with Crippen molar-refractivity contribution in [1.29, 1.82) is 0 Å². The van der Waals surface area contributed by atoms with Crippen LogP contribution in [0.4, 0.5) is 11.5 Å². The van der Waals surface area contributed by atoms with Gasteiger partial charge in [-0.25, -0.2) is 9.97 Å². The van der Waals surface area contributed by atoms with Gasteiger partial charge in [-0.2, -0.15) is 0 Å². The summed E-state index contributed by atoms with van der Waals surface area (Å²) in [4.78, 5) is 9.02. The molecule has 2 aromatic carbocycles. The second kappa shape index (κ2) is 6.39. The van der Waals surface area contributed by atoms with Crippen molar-refractivity contribution in [3.05, 3.63) is 76.5 Å². The number of nitrogens with one attached hydrogen (secondary N) is 1. The Morgan fingerprint density at radius 1 is 1.00 bits per heavy atom. The molecule has 4 rings (SSSR count). The monoisotopic (exact) mass is 368 g/mol. The van der Waals surface area contributed by atoms with Crippen molar-refractivity contribution in [2.24, 2.45) is 0 Å². The number of fused-ring (bicyclic) bond motifs is 1. The summed E-state index contributed by atoms with van der Waals surface area (Å²) in [6.07, 6.45) is 3.65. The highest BCUT2D eigenvalue weighted by Gasteiger charge is 2.16. The fourth-order valence-corrected chi connectivity index (χ4v) is 2.99. The molecule has 0 amide bonds. The first-order valence-electron chi connectivity index (χ1n) is 7.74. The molecule has 2 aromatic heterocycles. The standard InChI is InChI=1S/C19H14Cl2N4/c1-12-15(21)4-2-5-16(12)23-18-17(13-6-8-14(20)9-7-13)24-19-22-10-3-11-25(18)19/h2-11,23H,1H3. The van der Waals surface area contributed by atoms with Crippen LogP contribution in [-0.4, -0.2) is 14.4 Å². The lowest BCUT2D eigenvalue weighted by molar-refractivity contribution is 1.11. The van der Waals surface area contributed by atoms with Crippen LogP contribution in [0, 0.1) is 6.92 Å². The fraction of sp³-hybridized carbons (Fsp3) is 0.0526. The molecule has 0 aliphatic rings. The number of rotatable bonds is 3. The normalized spacial score (nSPS) is 11.0. The van der Waals surface area contributed by atoms with Crippen LogP contribution in [0.2, 0.25) is 10.0 Å². The van der Waals surface area contributed by atoms with E-state index in [1.54, 1.807) is 6.20 Å². The molecule has 0 atom stereocenters. The molecule has 2 heterocycles. The molecular weight excluding hydrogens is 355 g/mol. The Morgan fingerprint density at radius 2 is 1.80 bits per heavy atom. The number of halogens is 2. The van der Waals surface area contributed by atoms with Crippen LogP contribution in [0.3, 0.4) is 0 Å². The summed E-state index contributed by atoms with van der Waals surface area (Å²) in [5.74, 6) is 1.45. The van der Waals surface area contributed by atoms with Crippen molar-refractivity contribution in [2.45, 2.75) is 6.92 Å². The highest BCUT2D eigenvalue weighted by atomic mass is 35.5. The third-order valence-corrected chi connectivity index (χ3v) is 4.70. The van der Waals surface area contributed by atoms with Crippen molar-refractivity contribution >= 4 is 40.5 Å². The second-order valence-electron chi connectivity index (χ2n) is 5.64. The molecule has 25 heavy (non-hydrogen) atoms. The van der Waals surface area contributed by atoms with E-state index in [1.807, 2.05) is 66.1 Å². The predicted octanol–water partition coefficient (Wildman–Crippen LogP) is 5.76. The van der Waals surface area contributed by atoms with Gasteiger partial charge in [0, 0.05) is 33.7 Å². The maximum absolute atomic E-state index is 6.26. The fourth-order valence-electron chi connectivity index (χ4n) is 2.69. The first-order valence-corrected chi connectivity index (χ1v) is 8.50. The van der Waals surface area contributed by atoms with E-state index in [9.17, 15) is 0 Å². The zero-order valence-corrected chi connectivity index (χ0v) is 14.9.